The molecule has 2 nitrogen and oxygen atoms in total. The third-order valence-corrected chi connectivity index (χ3v) is 4.05. The molecular formula is C16H22FNO. The third-order valence-electron chi connectivity index (χ3n) is 4.05. The van der Waals surface area contributed by atoms with E-state index in [0.29, 0.717) is 6.42 Å². The van der Waals surface area contributed by atoms with Gasteiger partial charge in [-0.1, -0.05) is 25.5 Å². The van der Waals surface area contributed by atoms with Crippen molar-refractivity contribution in [1.82, 2.24) is 5.32 Å². The minimum atomic E-state index is -0.267. The van der Waals surface area contributed by atoms with Gasteiger partial charge in [-0.2, -0.15) is 0 Å². The van der Waals surface area contributed by atoms with Crippen LogP contribution in [0.2, 0.25) is 0 Å². The van der Waals surface area contributed by atoms with Crippen LogP contribution in [0.4, 0.5) is 4.39 Å². The minimum Gasteiger partial charge on any atom is -0.316 e. The van der Waals surface area contributed by atoms with Crippen molar-refractivity contribution < 1.29 is 9.18 Å². The quantitative estimate of drug-likeness (QED) is 0.884. The first-order chi connectivity index (χ1) is 9.16. The second-order valence-corrected chi connectivity index (χ2v) is 5.54. The Bertz CT molecular complexity index is 433. The molecule has 0 aliphatic carbocycles. The van der Waals surface area contributed by atoms with Gasteiger partial charge in [-0.05, 0) is 43.5 Å². The maximum Gasteiger partial charge on any atom is 0.144 e. The smallest absolute Gasteiger partial charge is 0.144 e. The second-order valence-electron chi connectivity index (χ2n) is 5.54. The fourth-order valence-electron chi connectivity index (χ4n) is 3.06. The van der Waals surface area contributed by atoms with E-state index in [0.717, 1.165) is 44.3 Å². The molecule has 1 unspecified atom stereocenters. The average Bonchev–Trinajstić information content (AvgIpc) is 2.40. The van der Waals surface area contributed by atoms with Gasteiger partial charge in [0.05, 0.1) is 0 Å². The normalized spacial score (nSPS) is 23.3. The van der Waals surface area contributed by atoms with E-state index < -0.39 is 0 Å². The Morgan fingerprint density at radius 2 is 2.32 bits per heavy atom. The third kappa shape index (κ3) is 3.41. The number of carbonyl (C=O) groups is 1. The largest absolute Gasteiger partial charge is 0.316 e. The van der Waals surface area contributed by atoms with Crippen molar-refractivity contribution in [2.24, 2.45) is 5.41 Å². The first-order valence-corrected chi connectivity index (χ1v) is 7.15. The van der Waals surface area contributed by atoms with Gasteiger partial charge in [0, 0.05) is 18.4 Å². The number of carbonyl (C=O) groups excluding carboxylic acids is 1. The summed E-state index contributed by atoms with van der Waals surface area (Å²) in [5, 5.41) is 3.34. The van der Waals surface area contributed by atoms with Crippen LogP contribution < -0.4 is 5.32 Å². The molecule has 1 N–H and O–H groups in total. The molecule has 0 aromatic heterocycles. The molecule has 0 spiro atoms. The average molecular weight is 263 g/mol. The van der Waals surface area contributed by atoms with E-state index in [-0.39, 0.29) is 17.0 Å². The summed E-state index contributed by atoms with van der Waals surface area (Å²) >= 11 is 0. The van der Waals surface area contributed by atoms with E-state index >= 15 is 0 Å². The zero-order valence-corrected chi connectivity index (χ0v) is 11.5. The summed E-state index contributed by atoms with van der Waals surface area (Å²) in [5.74, 6) is -0.0104. The summed E-state index contributed by atoms with van der Waals surface area (Å²) < 4.78 is 13.2. The lowest BCUT2D eigenvalue weighted by Gasteiger charge is -2.36. The Morgan fingerprint density at radius 3 is 2.95 bits per heavy atom. The topological polar surface area (TPSA) is 29.1 Å². The summed E-state index contributed by atoms with van der Waals surface area (Å²) in [6, 6.07) is 6.38. The van der Waals surface area contributed by atoms with Gasteiger partial charge >= 0.3 is 0 Å². The molecule has 1 atom stereocenters. The van der Waals surface area contributed by atoms with Gasteiger partial charge in [0.25, 0.3) is 0 Å². The van der Waals surface area contributed by atoms with Crippen molar-refractivity contribution in [3.63, 3.8) is 0 Å². The summed E-state index contributed by atoms with van der Waals surface area (Å²) in [5.41, 5.74) is 0.547. The van der Waals surface area contributed by atoms with Crippen LogP contribution in [0, 0.1) is 11.2 Å². The summed E-state index contributed by atoms with van der Waals surface area (Å²) in [6.07, 6.45) is 4.29. The first kappa shape index (κ1) is 14.2. The molecule has 1 fully saturated rings. The Morgan fingerprint density at radius 1 is 1.47 bits per heavy atom. The standard InChI is InChI=1S/C16H22FNO/c1-2-7-16(8-4-9-18-12-16)15(19)11-13-5-3-6-14(17)10-13/h3,5-6,10,18H,2,4,7-9,11-12H2,1H3. The number of piperidine rings is 1. The molecule has 1 heterocycles. The summed E-state index contributed by atoms with van der Waals surface area (Å²) in [6.45, 7) is 3.89. The fraction of sp³-hybridized carbons (Fsp3) is 0.562. The van der Waals surface area contributed by atoms with Crippen molar-refractivity contribution in [3.05, 3.63) is 35.6 Å². The molecule has 1 saturated heterocycles. The van der Waals surface area contributed by atoms with E-state index in [9.17, 15) is 9.18 Å². The lowest BCUT2D eigenvalue weighted by atomic mass is 9.72. The molecule has 0 amide bonds. The Hall–Kier alpha value is -1.22. The van der Waals surface area contributed by atoms with Gasteiger partial charge in [0.1, 0.15) is 11.6 Å². The van der Waals surface area contributed by atoms with Gasteiger partial charge in [0.15, 0.2) is 0 Å². The number of ketones is 1. The zero-order chi connectivity index (χ0) is 13.7. The highest BCUT2D eigenvalue weighted by Crippen LogP contribution is 2.33. The van der Waals surface area contributed by atoms with E-state index in [4.69, 9.17) is 0 Å². The monoisotopic (exact) mass is 263 g/mol. The van der Waals surface area contributed by atoms with E-state index in [1.165, 1.54) is 12.1 Å². The van der Waals surface area contributed by atoms with Crippen molar-refractivity contribution >= 4 is 5.78 Å². The molecule has 0 saturated carbocycles. The Kier molecular flexibility index (Phi) is 4.70. The fourth-order valence-corrected chi connectivity index (χ4v) is 3.06. The number of rotatable bonds is 5. The number of benzene rings is 1. The van der Waals surface area contributed by atoms with Crippen LogP contribution in [0.1, 0.15) is 38.2 Å². The van der Waals surface area contributed by atoms with Gasteiger partial charge in [0.2, 0.25) is 0 Å². The molecule has 2 rings (SSSR count). The molecule has 0 bridgehead atoms. The summed E-state index contributed by atoms with van der Waals surface area (Å²) in [4.78, 5) is 12.6. The molecule has 19 heavy (non-hydrogen) atoms. The Balaban J connectivity index is 2.11. The number of hydrogen-bond acceptors (Lipinski definition) is 2. The zero-order valence-electron chi connectivity index (χ0n) is 11.5. The van der Waals surface area contributed by atoms with E-state index in [1.807, 2.05) is 6.07 Å². The van der Waals surface area contributed by atoms with Crippen LogP contribution in [-0.4, -0.2) is 18.9 Å². The molecule has 1 aromatic carbocycles. The number of hydrogen-bond donors (Lipinski definition) is 1. The second kappa shape index (κ2) is 6.29. The molecular weight excluding hydrogens is 241 g/mol. The van der Waals surface area contributed by atoms with Gasteiger partial charge in [-0.15, -0.1) is 0 Å². The van der Waals surface area contributed by atoms with Crippen LogP contribution in [0.3, 0.4) is 0 Å². The van der Waals surface area contributed by atoms with Crippen molar-refractivity contribution in [3.8, 4) is 0 Å². The molecule has 0 radical (unpaired) electrons. The highest BCUT2D eigenvalue weighted by Gasteiger charge is 2.37. The van der Waals surface area contributed by atoms with Crippen LogP contribution in [0.25, 0.3) is 0 Å². The number of halogens is 1. The van der Waals surface area contributed by atoms with Crippen molar-refractivity contribution in [2.45, 2.75) is 39.0 Å². The molecule has 1 aliphatic rings. The van der Waals surface area contributed by atoms with Crippen molar-refractivity contribution in [1.29, 1.82) is 0 Å². The van der Waals surface area contributed by atoms with Gasteiger partial charge in [-0.25, -0.2) is 4.39 Å². The van der Waals surface area contributed by atoms with E-state index in [1.54, 1.807) is 6.07 Å². The lowest BCUT2D eigenvalue weighted by molar-refractivity contribution is -0.129. The lowest BCUT2D eigenvalue weighted by Crippen LogP contribution is -2.46. The molecule has 3 heteroatoms. The van der Waals surface area contributed by atoms with Gasteiger partial charge < -0.3 is 5.32 Å². The van der Waals surface area contributed by atoms with Crippen molar-refractivity contribution in [2.75, 3.05) is 13.1 Å². The van der Waals surface area contributed by atoms with E-state index in [2.05, 4.69) is 12.2 Å². The molecule has 1 aliphatic heterocycles. The minimum absolute atomic E-state index is 0.237. The number of nitrogens with one attached hydrogen (secondary N) is 1. The maximum atomic E-state index is 13.2. The maximum absolute atomic E-state index is 13.2. The highest BCUT2D eigenvalue weighted by molar-refractivity contribution is 5.87. The SMILES string of the molecule is CCCC1(C(=O)Cc2cccc(F)c2)CCCNC1. The Labute approximate surface area is 114 Å². The van der Waals surface area contributed by atoms with Crippen LogP contribution in [0.5, 0.6) is 0 Å². The predicted octanol–water partition coefficient (Wildman–Crippen LogP) is 3.11. The number of Topliss-reactive ketones (excluding diaryl/α,β-unsaturated/α-hetero) is 1. The van der Waals surface area contributed by atoms with Crippen LogP contribution in [-0.2, 0) is 11.2 Å². The first-order valence-electron chi connectivity index (χ1n) is 7.15. The van der Waals surface area contributed by atoms with Crippen LogP contribution >= 0.6 is 0 Å². The molecule has 104 valence electrons. The van der Waals surface area contributed by atoms with Crippen LogP contribution in [0.15, 0.2) is 24.3 Å². The molecule has 1 aromatic rings. The highest BCUT2D eigenvalue weighted by atomic mass is 19.1. The summed E-state index contributed by atoms with van der Waals surface area (Å²) in [7, 11) is 0. The predicted molar refractivity (Wildman–Crippen MR) is 74.6 cm³/mol. The van der Waals surface area contributed by atoms with Gasteiger partial charge in [-0.3, -0.25) is 4.79 Å².